The number of pyridine rings is 1. The highest BCUT2D eigenvalue weighted by molar-refractivity contribution is 5.90. The molecular formula is C21H23F3N4O3. The fraction of sp³-hybridized carbons (Fsp3) is 0.381. The van der Waals surface area contributed by atoms with Crippen molar-refractivity contribution in [3.63, 3.8) is 0 Å². The molecule has 1 aromatic heterocycles. The molecule has 1 saturated heterocycles. The molecule has 1 aromatic carbocycles. The molecule has 0 radical (unpaired) electrons. The van der Waals surface area contributed by atoms with Crippen LogP contribution in [-0.4, -0.2) is 34.4 Å². The van der Waals surface area contributed by atoms with Crippen LogP contribution in [0.15, 0.2) is 47.4 Å². The number of aromatic nitrogens is 1. The molecule has 0 bridgehead atoms. The molecule has 0 atom stereocenters. The highest BCUT2D eigenvalue weighted by atomic mass is 19.4. The van der Waals surface area contributed by atoms with Crippen molar-refractivity contribution in [2.45, 2.75) is 32.1 Å². The van der Waals surface area contributed by atoms with Gasteiger partial charge in [-0.15, -0.1) is 0 Å². The predicted octanol–water partition coefficient (Wildman–Crippen LogP) is 2.20. The third kappa shape index (κ3) is 5.94. The summed E-state index contributed by atoms with van der Waals surface area (Å²) in [6.07, 6.45) is -2.23. The zero-order chi connectivity index (χ0) is 22.6. The van der Waals surface area contributed by atoms with Crippen LogP contribution < -0.4 is 16.6 Å². The average Bonchev–Trinajstić information content (AvgIpc) is 2.69. The normalized spacial score (nSPS) is 15.6. The Morgan fingerprint density at radius 3 is 2.48 bits per heavy atom. The second-order valence-corrected chi connectivity index (χ2v) is 7.55. The van der Waals surface area contributed by atoms with Gasteiger partial charge in [-0.3, -0.25) is 19.3 Å². The maximum absolute atomic E-state index is 12.9. The van der Waals surface area contributed by atoms with Crippen LogP contribution in [0.3, 0.4) is 0 Å². The Morgan fingerprint density at radius 1 is 1.13 bits per heavy atom. The summed E-state index contributed by atoms with van der Waals surface area (Å²) in [7, 11) is 0. The molecule has 166 valence electrons. The van der Waals surface area contributed by atoms with E-state index >= 15 is 0 Å². The molecule has 0 saturated carbocycles. The van der Waals surface area contributed by atoms with E-state index in [-0.39, 0.29) is 11.8 Å². The van der Waals surface area contributed by atoms with E-state index in [1.807, 2.05) is 6.07 Å². The molecule has 0 aliphatic carbocycles. The van der Waals surface area contributed by atoms with Crippen molar-refractivity contribution >= 4 is 17.5 Å². The Kier molecular flexibility index (Phi) is 6.79. The van der Waals surface area contributed by atoms with E-state index in [2.05, 4.69) is 10.2 Å². The fourth-order valence-corrected chi connectivity index (χ4v) is 3.61. The number of benzene rings is 1. The van der Waals surface area contributed by atoms with Gasteiger partial charge in [0.1, 0.15) is 12.1 Å². The molecule has 1 fully saturated rings. The molecule has 1 aliphatic rings. The zero-order valence-electron chi connectivity index (χ0n) is 16.7. The van der Waals surface area contributed by atoms with Gasteiger partial charge in [0.05, 0.1) is 0 Å². The summed E-state index contributed by atoms with van der Waals surface area (Å²) in [5, 5.41) is 2.62. The lowest BCUT2D eigenvalue weighted by Gasteiger charge is -2.30. The Morgan fingerprint density at radius 2 is 1.84 bits per heavy atom. The first-order valence-electron chi connectivity index (χ1n) is 9.80. The molecule has 31 heavy (non-hydrogen) atoms. The third-order valence-electron chi connectivity index (χ3n) is 5.25. The summed E-state index contributed by atoms with van der Waals surface area (Å²) >= 11 is 0. The predicted molar refractivity (Wildman–Crippen MR) is 108 cm³/mol. The number of anilines is 1. The number of hydrogen-bond donors (Lipinski definition) is 2. The topological polar surface area (TPSA) is 97.4 Å². The average molecular weight is 436 g/mol. The van der Waals surface area contributed by atoms with Crippen molar-refractivity contribution in [2.24, 2.45) is 11.7 Å². The number of carbonyl (C=O) groups excluding carboxylic acids is 2. The van der Waals surface area contributed by atoms with Crippen molar-refractivity contribution in [2.75, 3.05) is 18.4 Å². The zero-order valence-corrected chi connectivity index (χ0v) is 16.7. The number of likely N-dealkylation sites (tertiary alicyclic amines) is 1. The maximum Gasteiger partial charge on any atom is 0.421 e. The van der Waals surface area contributed by atoms with Gasteiger partial charge in [0, 0.05) is 24.3 Å². The summed E-state index contributed by atoms with van der Waals surface area (Å²) in [6.45, 7) is 1.57. The number of nitrogens with zero attached hydrogens (tertiary/aromatic N) is 2. The third-order valence-corrected chi connectivity index (χ3v) is 5.25. The van der Waals surface area contributed by atoms with Crippen molar-refractivity contribution < 1.29 is 22.8 Å². The second-order valence-electron chi connectivity index (χ2n) is 7.55. The van der Waals surface area contributed by atoms with Gasteiger partial charge in [-0.1, -0.05) is 12.1 Å². The largest absolute Gasteiger partial charge is 0.421 e. The monoisotopic (exact) mass is 436 g/mol. The number of halogens is 3. The number of piperidine rings is 1. The lowest BCUT2D eigenvalue weighted by atomic mass is 9.96. The van der Waals surface area contributed by atoms with Gasteiger partial charge < -0.3 is 15.6 Å². The fourth-order valence-electron chi connectivity index (χ4n) is 3.61. The van der Waals surface area contributed by atoms with E-state index in [0.29, 0.717) is 31.1 Å². The smallest absolute Gasteiger partial charge is 0.369 e. The second kappa shape index (κ2) is 9.34. The number of hydrogen-bond acceptors (Lipinski definition) is 4. The molecule has 10 heteroatoms. The summed E-state index contributed by atoms with van der Waals surface area (Å²) in [6, 6.07) is 8.86. The number of rotatable bonds is 6. The number of alkyl halides is 3. The van der Waals surface area contributed by atoms with Gasteiger partial charge in [0.15, 0.2) is 0 Å². The van der Waals surface area contributed by atoms with Crippen LogP contribution in [0.5, 0.6) is 0 Å². The molecule has 0 unspecified atom stereocenters. The minimum atomic E-state index is -4.78. The van der Waals surface area contributed by atoms with Gasteiger partial charge in [-0.05, 0) is 55.8 Å². The number of primary amides is 1. The van der Waals surface area contributed by atoms with Crippen molar-refractivity contribution in [3.05, 3.63) is 64.1 Å². The van der Waals surface area contributed by atoms with E-state index in [9.17, 15) is 27.6 Å². The Bertz CT molecular complexity index is 1010. The van der Waals surface area contributed by atoms with Crippen LogP contribution in [0.25, 0.3) is 0 Å². The summed E-state index contributed by atoms with van der Waals surface area (Å²) < 4.78 is 39.3. The maximum atomic E-state index is 12.9. The lowest BCUT2D eigenvalue weighted by Crippen LogP contribution is -2.38. The SMILES string of the molecule is NC(=O)C1CCN(Cc2cccc(NC(=O)Cn3cccc(C(F)(F)F)c3=O)c2)CC1. The molecular weight excluding hydrogens is 413 g/mol. The summed E-state index contributed by atoms with van der Waals surface area (Å²) in [5.41, 5.74) is 4.19. The molecule has 2 amide bonds. The molecule has 2 heterocycles. The standard InChI is InChI=1S/C21H23F3N4O3/c22-21(23,24)17-5-2-8-28(20(17)31)13-18(29)26-16-4-1-3-14(11-16)12-27-9-6-15(7-10-27)19(25)30/h1-5,8,11,15H,6-7,9-10,12-13H2,(H2,25,30)(H,26,29). The summed E-state index contributed by atoms with van der Waals surface area (Å²) in [4.78, 5) is 37.7. The number of nitrogens with one attached hydrogen (secondary N) is 1. The molecule has 0 spiro atoms. The highest BCUT2D eigenvalue weighted by Gasteiger charge is 2.34. The van der Waals surface area contributed by atoms with E-state index in [1.165, 1.54) is 0 Å². The van der Waals surface area contributed by atoms with Gasteiger partial charge in [0.2, 0.25) is 11.8 Å². The number of amides is 2. The van der Waals surface area contributed by atoms with E-state index in [1.54, 1.807) is 18.2 Å². The van der Waals surface area contributed by atoms with Crippen LogP contribution in [0, 0.1) is 5.92 Å². The van der Waals surface area contributed by atoms with E-state index < -0.39 is 29.8 Å². The Balaban J connectivity index is 1.61. The van der Waals surface area contributed by atoms with Crippen LogP contribution >= 0.6 is 0 Å². The molecule has 2 aromatic rings. The highest BCUT2D eigenvalue weighted by Crippen LogP contribution is 2.26. The van der Waals surface area contributed by atoms with Crippen molar-refractivity contribution in [1.82, 2.24) is 9.47 Å². The minimum absolute atomic E-state index is 0.0962. The first-order chi connectivity index (χ1) is 14.6. The van der Waals surface area contributed by atoms with Crippen molar-refractivity contribution in [3.8, 4) is 0 Å². The van der Waals surface area contributed by atoms with E-state index in [0.717, 1.165) is 35.5 Å². The summed E-state index contributed by atoms with van der Waals surface area (Å²) in [5.74, 6) is -0.980. The Labute approximate surface area is 176 Å². The van der Waals surface area contributed by atoms with Crippen LogP contribution in [0.2, 0.25) is 0 Å². The molecule has 1 aliphatic heterocycles. The minimum Gasteiger partial charge on any atom is -0.369 e. The molecule has 7 nitrogen and oxygen atoms in total. The van der Waals surface area contributed by atoms with Gasteiger partial charge >= 0.3 is 6.18 Å². The quantitative estimate of drug-likeness (QED) is 0.726. The van der Waals surface area contributed by atoms with E-state index in [4.69, 9.17) is 5.73 Å². The first-order valence-corrected chi connectivity index (χ1v) is 9.80. The van der Waals surface area contributed by atoms with Crippen LogP contribution in [0.4, 0.5) is 18.9 Å². The number of nitrogens with two attached hydrogens (primary N) is 1. The van der Waals surface area contributed by atoms with Gasteiger partial charge in [-0.2, -0.15) is 13.2 Å². The van der Waals surface area contributed by atoms with Crippen LogP contribution in [0.1, 0.15) is 24.0 Å². The molecule has 3 rings (SSSR count). The van der Waals surface area contributed by atoms with Crippen molar-refractivity contribution in [1.29, 1.82) is 0 Å². The number of carbonyl (C=O) groups is 2. The van der Waals surface area contributed by atoms with Crippen LogP contribution in [-0.2, 0) is 28.9 Å². The van der Waals surface area contributed by atoms with Gasteiger partial charge in [0.25, 0.3) is 5.56 Å². The first kappa shape index (κ1) is 22.5. The van der Waals surface area contributed by atoms with Gasteiger partial charge in [-0.25, -0.2) is 0 Å². The Hall–Kier alpha value is -3.14. The molecule has 3 N–H and O–H groups in total. The lowest BCUT2D eigenvalue weighted by molar-refractivity contribution is -0.139.